The number of rotatable bonds is 33. The standard InChI is InChI=1S/C34H59NO10/c1-3-4-5-6-7-8-9-10-11-12-34(37)45-30-28-43-26-24-41-22-20-39-18-17-38-19-21-40-23-25-42-27-29-44-33-15-13-32(14-16-33)35-31(2)36/h13-16H,3-12,17-30H2,1-2H3,(H,35,36). The molecule has 0 aliphatic heterocycles. The first kappa shape index (κ1) is 40.7. The van der Waals surface area contributed by atoms with Crippen molar-refractivity contribution >= 4 is 17.6 Å². The molecule has 260 valence electrons. The van der Waals surface area contributed by atoms with E-state index in [4.69, 9.17) is 37.9 Å². The number of nitrogens with one attached hydrogen (secondary N) is 1. The Balaban J connectivity index is 1.71. The first-order valence-electron chi connectivity index (χ1n) is 16.7. The molecular weight excluding hydrogens is 582 g/mol. The Kier molecular flexibility index (Phi) is 28.7. The van der Waals surface area contributed by atoms with E-state index >= 15 is 0 Å². The van der Waals surface area contributed by atoms with E-state index in [9.17, 15) is 9.59 Å². The summed E-state index contributed by atoms with van der Waals surface area (Å²) in [5, 5.41) is 2.71. The highest BCUT2D eigenvalue weighted by Crippen LogP contribution is 2.15. The maximum Gasteiger partial charge on any atom is 0.305 e. The lowest BCUT2D eigenvalue weighted by Crippen LogP contribution is -2.15. The molecule has 0 bridgehead atoms. The largest absolute Gasteiger partial charge is 0.491 e. The number of carbonyl (C=O) groups is 2. The van der Waals surface area contributed by atoms with Gasteiger partial charge in [0.05, 0.1) is 79.3 Å². The number of ether oxygens (including phenoxy) is 8. The molecule has 0 heterocycles. The molecule has 0 aliphatic carbocycles. The Hall–Kier alpha value is -2.28. The fourth-order valence-electron chi connectivity index (χ4n) is 4.12. The number of amides is 1. The van der Waals surface area contributed by atoms with Crippen LogP contribution in [-0.2, 0) is 42.7 Å². The van der Waals surface area contributed by atoms with Gasteiger partial charge in [-0.1, -0.05) is 58.3 Å². The molecular formula is C34H59NO10. The van der Waals surface area contributed by atoms with Gasteiger partial charge in [-0.05, 0) is 30.7 Å². The van der Waals surface area contributed by atoms with Crippen LogP contribution in [0.1, 0.15) is 78.1 Å². The van der Waals surface area contributed by atoms with Gasteiger partial charge in [-0.2, -0.15) is 0 Å². The fourth-order valence-corrected chi connectivity index (χ4v) is 4.12. The van der Waals surface area contributed by atoms with Crippen LogP contribution in [0.25, 0.3) is 0 Å². The molecule has 1 aromatic rings. The molecule has 1 amide bonds. The van der Waals surface area contributed by atoms with Crippen LogP contribution >= 0.6 is 0 Å². The number of hydrogen-bond donors (Lipinski definition) is 1. The van der Waals surface area contributed by atoms with Gasteiger partial charge >= 0.3 is 5.97 Å². The quantitative estimate of drug-likeness (QED) is 0.0769. The van der Waals surface area contributed by atoms with Crippen molar-refractivity contribution in [2.45, 2.75) is 78.1 Å². The van der Waals surface area contributed by atoms with E-state index in [1.807, 2.05) is 0 Å². The van der Waals surface area contributed by atoms with Gasteiger partial charge in [-0.25, -0.2) is 0 Å². The highest BCUT2D eigenvalue weighted by atomic mass is 16.6. The molecule has 0 radical (unpaired) electrons. The molecule has 45 heavy (non-hydrogen) atoms. The third-order valence-electron chi connectivity index (χ3n) is 6.51. The van der Waals surface area contributed by atoms with Gasteiger partial charge < -0.3 is 43.2 Å². The molecule has 0 aliphatic rings. The van der Waals surface area contributed by atoms with E-state index in [0.717, 1.165) is 18.5 Å². The maximum atomic E-state index is 11.8. The van der Waals surface area contributed by atoms with Crippen molar-refractivity contribution in [3.8, 4) is 5.75 Å². The van der Waals surface area contributed by atoms with Crippen molar-refractivity contribution in [3.05, 3.63) is 24.3 Å². The molecule has 0 fully saturated rings. The van der Waals surface area contributed by atoms with E-state index in [0.29, 0.717) is 98.1 Å². The second-order valence-electron chi connectivity index (χ2n) is 10.5. The molecule has 11 heteroatoms. The summed E-state index contributed by atoms with van der Waals surface area (Å²) in [7, 11) is 0. The molecule has 1 aromatic carbocycles. The van der Waals surface area contributed by atoms with E-state index < -0.39 is 0 Å². The Morgan fingerprint density at radius 1 is 0.533 bits per heavy atom. The minimum absolute atomic E-state index is 0.108. The number of unbranched alkanes of at least 4 members (excludes halogenated alkanes) is 8. The zero-order chi connectivity index (χ0) is 32.5. The maximum absolute atomic E-state index is 11.8. The van der Waals surface area contributed by atoms with Crippen molar-refractivity contribution in [3.63, 3.8) is 0 Å². The van der Waals surface area contributed by atoms with Gasteiger partial charge in [0.15, 0.2) is 0 Å². The van der Waals surface area contributed by atoms with Crippen molar-refractivity contribution < 1.29 is 47.5 Å². The first-order valence-corrected chi connectivity index (χ1v) is 16.7. The van der Waals surface area contributed by atoms with Gasteiger partial charge in [0, 0.05) is 19.0 Å². The monoisotopic (exact) mass is 641 g/mol. The minimum Gasteiger partial charge on any atom is -0.491 e. The summed E-state index contributed by atoms with van der Waals surface area (Å²) in [6.45, 7) is 10.1. The summed E-state index contributed by atoms with van der Waals surface area (Å²) in [5.41, 5.74) is 0.732. The Bertz CT molecular complexity index is 809. The van der Waals surface area contributed by atoms with E-state index in [1.54, 1.807) is 24.3 Å². The van der Waals surface area contributed by atoms with Crippen molar-refractivity contribution in [1.82, 2.24) is 0 Å². The predicted molar refractivity (Wildman–Crippen MR) is 174 cm³/mol. The van der Waals surface area contributed by atoms with E-state index in [2.05, 4.69) is 12.2 Å². The Morgan fingerprint density at radius 3 is 1.38 bits per heavy atom. The molecule has 1 rings (SSSR count). The lowest BCUT2D eigenvalue weighted by atomic mass is 10.1. The number of carbonyl (C=O) groups excluding carboxylic acids is 2. The van der Waals surface area contributed by atoms with E-state index in [-0.39, 0.29) is 18.5 Å². The average Bonchev–Trinajstić information content (AvgIpc) is 3.03. The summed E-state index contributed by atoms with van der Waals surface area (Å²) in [5.74, 6) is 0.471. The van der Waals surface area contributed by atoms with Crippen molar-refractivity contribution in [2.75, 3.05) is 97.8 Å². The molecule has 0 atom stereocenters. The van der Waals surface area contributed by atoms with Gasteiger partial charge in [-0.3, -0.25) is 9.59 Å². The van der Waals surface area contributed by atoms with Crippen LogP contribution in [0, 0.1) is 0 Å². The third-order valence-corrected chi connectivity index (χ3v) is 6.51. The van der Waals surface area contributed by atoms with Gasteiger partial charge in [0.2, 0.25) is 5.91 Å². The normalized spacial score (nSPS) is 11.1. The van der Waals surface area contributed by atoms with Crippen LogP contribution < -0.4 is 10.1 Å². The highest BCUT2D eigenvalue weighted by Gasteiger charge is 2.03. The number of esters is 1. The molecule has 0 saturated heterocycles. The molecule has 0 aromatic heterocycles. The predicted octanol–water partition coefficient (Wildman–Crippen LogP) is 5.59. The Morgan fingerprint density at radius 2 is 0.933 bits per heavy atom. The summed E-state index contributed by atoms with van der Waals surface area (Å²) < 4.78 is 43.6. The second kappa shape index (κ2) is 31.7. The molecule has 11 nitrogen and oxygen atoms in total. The zero-order valence-electron chi connectivity index (χ0n) is 27.9. The highest BCUT2D eigenvalue weighted by molar-refractivity contribution is 5.88. The van der Waals surface area contributed by atoms with Crippen LogP contribution in [0.5, 0.6) is 5.75 Å². The summed E-state index contributed by atoms with van der Waals surface area (Å²) in [6.07, 6.45) is 11.6. The third kappa shape index (κ3) is 28.9. The van der Waals surface area contributed by atoms with Crippen molar-refractivity contribution in [1.29, 1.82) is 0 Å². The number of benzene rings is 1. The minimum atomic E-state index is -0.139. The summed E-state index contributed by atoms with van der Waals surface area (Å²) in [4.78, 5) is 22.8. The molecule has 1 N–H and O–H groups in total. The van der Waals surface area contributed by atoms with Gasteiger partial charge in [-0.15, -0.1) is 0 Å². The molecule has 0 unspecified atom stereocenters. The lowest BCUT2D eigenvalue weighted by Gasteiger charge is -2.09. The molecule has 0 spiro atoms. The zero-order valence-corrected chi connectivity index (χ0v) is 27.9. The fraction of sp³-hybridized carbons (Fsp3) is 0.765. The lowest BCUT2D eigenvalue weighted by molar-refractivity contribution is -0.145. The first-order chi connectivity index (χ1) is 22.1. The van der Waals surface area contributed by atoms with Crippen LogP contribution in [0.4, 0.5) is 5.69 Å². The average molecular weight is 642 g/mol. The SMILES string of the molecule is CCCCCCCCCCCC(=O)OCCOCCOCCOCCOCCOCCOCCOc1ccc(NC(C)=O)cc1. The van der Waals surface area contributed by atoms with E-state index in [1.165, 1.54) is 51.9 Å². The smallest absolute Gasteiger partial charge is 0.305 e. The van der Waals surface area contributed by atoms with Gasteiger partial charge in [0.1, 0.15) is 19.0 Å². The van der Waals surface area contributed by atoms with Gasteiger partial charge in [0.25, 0.3) is 0 Å². The number of hydrogen-bond acceptors (Lipinski definition) is 10. The van der Waals surface area contributed by atoms with Crippen LogP contribution in [-0.4, -0.2) is 104 Å². The summed E-state index contributed by atoms with van der Waals surface area (Å²) in [6, 6.07) is 7.18. The number of anilines is 1. The second-order valence-corrected chi connectivity index (χ2v) is 10.5. The van der Waals surface area contributed by atoms with Crippen LogP contribution in [0.3, 0.4) is 0 Å². The van der Waals surface area contributed by atoms with Crippen molar-refractivity contribution in [2.24, 2.45) is 0 Å². The van der Waals surface area contributed by atoms with Crippen LogP contribution in [0.2, 0.25) is 0 Å². The topological polar surface area (TPSA) is 120 Å². The van der Waals surface area contributed by atoms with Crippen LogP contribution in [0.15, 0.2) is 24.3 Å². The summed E-state index contributed by atoms with van der Waals surface area (Å²) >= 11 is 0. The molecule has 0 saturated carbocycles. The Labute approximate surface area is 270 Å².